The molecule has 0 unspecified atom stereocenters. The minimum atomic E-state index is -0.161. The first-order valence-corrected chi connectivity index (χ1v) is 7.57. The van der Waals surface area contributed by atoms with Crippen LogP contribution in [0.1, 0.15) is 5.56 Å². The van der Waals surface area contributed by atoms with Crippen molar-refractivity contribution in [3.63, 3.8) is 0 Å². The minimum Gasteiger partial charge on any atom is -0.325 e. The summed E-state index contributed by atoms with van der Waals surface area (Å²) in [5.41, 5.74) is 1.41. The van der Waals surface area contributed by atoms with E-state index in [4.69, 9.17) is 34.8 Å². The molecule has 0 atom stereocenters. The van der Waals surface area contributed by atoms with E-state index in [9.17, 15) is 4.79 Å². The molecule has 2 aromatic carbocycles. The van der Waals surface area contributed by atoms with Gasteiger partial charge in [0.1, 0.15) is 0 Å². The van der Waals surface area contributed by atoms with E-state index in [1.165, 1.54) is 0 Å². The molecule has 2 rings (SSSR count). The lowest BCUT2D eigenvalue weighted by molar-refractivity contribution is -0.115. The molecule has 1 amide bonds. The Labute approximate surface area is 140 Å². The summed E-state index contributed by atoms with van der Waals surface area (Å²) >= 11 is 21.0. The molecule has 0 saturated carbocycles. The second kappa shape index (κ2) is 6.81. The van der Waals surface area contributed by atoms with E-state index < -0.39 is 0 Å². The van der Waals surface area contributed by atoms with Crippen molar-refractivity contribution in [3.8, 4) is 0 Å². The maximum atomic E-state index is 12.0. The zero-order valence-corrected chi connectivity index (χ0v) is 13.9. The van der Waals surface area contributed by atoms with E-state index >= 15 is 0 Å². The Morgan fingerprint density at radius 2 is 1.80 bits per heavy atom. The normalized spacial score (nSPS) is 10.4. The fraction of sp³-hybridized carbons (Fsp3) is 0.0714. The van der Waals surface area contributed by atoms with Gasteiger partial charge in [0.25, 0.3) is 0 Å². The average Bonchev–Trinajstić information content (AvgIpc) is 2.38. The number of amides is 1. The van der Waals surface area contributed by atoms with Crippen LogP contribution in [-0.4, -0.2) is 5.91 Å². The average molecular weight is 393 g/mol. The topological polar surface area (TPSA) is 29.1 Å². The smallest absolute Gasteiger partial charge is 0.228 e. The van der Waals surface area contributed by atoms with Crippen molar-refractivity contribution in [2.75, 3.05) is 5.32 Å². The van der Waals surface area contributed by atoms with Crippen molar-refractivity contribution in [2.24, 2.45) is 0 Å². The van der Waals surface area contributed by atoms with Crippen molar-refractivity contribution in [2.45, 2.75) is 6.42 Å². The predicted molar refractivity (Wildman–Crippen MR) is 87.9 cm³/mol. The van der Waals surface area contributed by atoms with E-state index in [0.717, 1.165) is 10.0 Å². The first-order valence-electron chi connectivity index (χ1n) is 5.64. The molecule has 20 heavy (non-hydrogen) atoms. The van der Waals surface area contributed by atoms with Gasteiger partial charge in [-0.1, -0.05) is 40.9 Å². The third-order valence-corrected chi connectivity index (χ3v) is 4.22. The number of halogens is 4. The van der Waals surface area contributed by atoms with E-state index in [2.05, 4.69) is 21.2 Å². The summed E-state index contributed by atoms with van der Waals surface area (Å²) < 4.78 is 0.768. The van der Waals surface area contributed by atoms with E-state index in [-0.39, 0.29) is 12.3 Å². The number of carbonyl (C=O) groups excluding carboxylic acids is 1. The zero-order chi connectivity index (χ0) is 14.7. The molecule has 6 heteroatoms. The van der Waals surface area contributed by atoms with Crippen molar-refractivity contribution >= 4 is 62.3 Å². The van der Waals surface area contributed by atoms with Crippen molar-refractivity contribution in [1.82, 2.24) is 0 Å². The van der Waals surface area contributed by atoms with E-state index in [1.807, 2.05) is 0 Å². The summed E-state index contributed by atoms with van der Waals surface area (Å²) in [6.45, 7) is 0. The number of hydrogen-bond donors (Lipinski definition) is 1. The number of rotatable bonds is 3. The lowest BCUT2D eigenvalue weighted by Gasteiger charge is -2.08. The number of anilines is 1. The van der Waals surface area contributed by atoms with Crippen molar-refractivity contribution in [1.29, 1.82) is 0 Å². The van der Waals surface area contributed by atoms with Gasteiger partial charge in [-0.15, -0.1) is 0 Å². The van der Waals surface area contributed by atoms with Gasteiger partial charge in [0.05, 0.1) is 22.2 Å². The van der Waals surface area contributed by atoms with Gasteiger partial charge >= 0.3 is 0 Å². The van der Waals surface area contributed by atoms with Gasteiger partial charge in [-0.25, -0.2) is 0 Å². The molecule has 0 radical (unpaired) electrons. The number of carbonyl (C=O) groups is 1. The fourth-order valence-corrected chi connectivity index (χ4v) is 2.46. The van der Waals surface area contributed by atoms with Gasteiger partial charge in [0.2, 0.25) is 5.91 Å². The van der Waals surface area contributed by atoms with Crippen LogP contribution in [0.15, 0.2) is 40.9 Å². The van der Waals surface area contributed by atoms with Gasteiger partial charge in [0, 0.05) is 9.50 Å². The van der Waals surface area contributed by atoms with Gasteiger partial charge in [-0.05, 0) is 51.8 Å². The lowest BCUT2D eigenvalue weighted by atomic mass is 10.1. The highest BCUT2D eigenvalue weighted by atomic mass is 79.9. The third-order valence-electron chi connectivity index (χ3n) is 2.55. The standard InChI is InChI=1S/C14H9BrCl3NO/c15-10-3-2-9(16)7-13(10)19-14(20)6-8-1-4-11(17)12(18)5-8/h1-5,7H,6H2,(H,19,20). The zero-order valence-electron chi connectivity index (χ0n) is 10.1. The number of benzene rings is 2. The molecule has 0 saturated heterocycles. The summed E-state index contributed by atoms with van der Waals surface area (Å²) in [4.78, 5) is 12.0. The molecule has 0 aliphatic rings. The molecule has 2 nitrogen and oxygen atoms in total. The minimum absolute atomic E-state index is 0.161. The summed E-state index contributed by atoms with van der Waals surface area (Å²) in [6, 6.07) is 10.3. The van der Waals surface area contributed by atoms with Crippen molar-refractivity contribution < 1.29 is 4.79 Å². The molecule has 0 aliphatic heterocycles. The SMILES string of the molecule is O=C(Cc1ccc(Cl)c(Cl)c1)Nc1cc(Cl)ccc1Br. The van der Waals surface area contributed by atoms with Crippen LogP contribution in [0.25, 0.3) is 0 Å². The largest absolute Gasteiger partial charge is 0.325 e. The van der Waals surface area contributed by atoms with Crippen LogP contribution >= 0.6 is 50.7 Å². The quantitative estimate of drug-likeness (QED) is 0.724. The summed E-state index contributed by atoms with van der Waals surface area (Å²) in [5, 5.41) is 4.24. The molecular weight excluding hydrogens is 384 g/mol. The Morgan fingerprint density at radius 3 is 2.50 bits per heavy atom. The molecule has 0 aliphatic carbocycles. The number of nitrogens with one attached hydrogen (secondary N) is 1. The van der Waals surface area contributed by atoms with Crippen LogP contribution in [0.3, 0.4) is 0 Å². The van der Waals surface area contributed by atoms with Crippen molar-refractivity contribution in [3.05, 3.63) is 61.5 Å². The molecule has 104 valence electrons. The molecule has 0 spiro atoms. The van der Waals surface area contributed by atoms with Crippen LogP contribution in [0.2, 0.25) is 15.1 Å². The lowest BCUT2D eigenvalue weighted by Crippen LogP contribution is -2.14. The second-order valence-electron chi connectivity index (χ2n) is 4.10. The van der Waals surface area contributed by atoms with Crippen LogP contribution in [-0.2, 0) is 11.2 Å². The van der Waals surface area contributed by atoms with Crippen LogP contribution in [0.5, 0.6) is 0 Å². The van der Waals surface area contributed by atoms with Crippen LogP contribution in [0.4, 0.5) is 5.69 Å². The monoisotopic (exact) mass is 391 g/mol. The summed E-state index contributed by atoms with van der Waals surface area (Å²) in [7, 11) is 0. The Hall–Kier alpha value is -0.740. The Morgan fingerprint density at radius 1 is 1.05 bits per heavy atom. The predicted octanol–water partition coefficient (Wildman–Crippen LogP) is 5.59. The first kappa shape index (κ1) is 15.6. The maximum absolute atomic E-state index is 12.0. The highest BCUT2D eigenvalue weighted by Crippen LogP contribution is 2.26. The molecule has 0 aromatic heterocycles. The van der Waals surface area contributed by atoms with Crippen LogP contribution in [0, 0.1) is 0 Å². The third kappa shape index (κ3) is 4.13. The molecule has 0 heterocycles. The summed E-state index contributed by atoms with van der Waals surface area (Å²) in [6.07, 6.45) is 0.204. The molecular formula is C14H9BrCl3NO. The highest BCUT2D eigenvalue weighted by Gasteiger charge is 2.08. The van der Waals surface area contributed by atoms with E-state index in [0.29, 0.717) is 20.8 Å². The molecule has 1 N–H and O–H groups in total. The van der Waals surface area contributed by atoms with Gasteiger partial charge in [-0.3, -0.25) is 4.79 Å². The van der Waals surface area contributed by atoms with Gasteiger partial charge < -0.3 is 5.32 Å². The van der Waals surface area contributed by atoms with Gasteiger partial charge in [-0.2, -0.15) is 0 Å². The summed E-state index contributed by atoms with van der Waals surface area (Å²) in [5.74, 6) is -0.161. The Balaban J connectivity index is 2.09. The second-order valence-corrected chi connectivity index (χ2v) is 6.20. The fourth-order valence-electron chi connectivity index (χ4n) is 1.62. The van der Waals surface area contributed by atoms with E-state index in [1.54, 1.807) is 36.4 Å². The highest BCUT2D eigenvalue weighted by molar-refractivity contribution is 9.10. The van der Waals surface area contributed by atoms with Gasteiger partial charge in [0.15, 0.2) is 0 Å². The maximum Gasteiger partial charge on any atom is 0.228 e. The van der Waals surface area contributed by atoms with Crippen LogP contribution < -0.4 is 5.32 Å². The molecule has 0 bridgehead atoms. The number of hydrogen-bond acceptors (Lipinski definition) is 1. The molecule has 2 aromatic rings. The molecule has 0 fully saturated rings. The Bertz CT molecular complexity index is 661. The Kier molecular flexibility index (Phi) is 5.33. The first-order chi connectivity index (χ1) is 9.45.